The van der Waals surface area contributed by atoms with Crippen molar-refractivity contribution in [3.05, 3.63) is 30.1 Å². The number of aromatic nitrogens is 1. The molecule has 0 aliphatic carbocycles. The molecule has 98 valence electrons. The van der Waals surface area contributed by atoms with Gasteiger partial charge in [0.1, 0.15) is 0 Å². The van der Waals surface area contributed by atoms with E-state index in [1.807, 2.05) is 12.1 Å². The molecule has 0 aliphatic heterocycles. The molecule has 0 atom stereocenters. The molecule has 6 heteroatoms. The summed E-state index contributed by atoms with van der Waals surface area (Å²) >= 11 is 0. The highest BCUT2D eigenvalue weighted by molar-refractivity contribution is 5.74. The van der Waals surface area contributed by atoms with Crippen LogP contribution >= 0.6 is 0 Å². The highest BCUT2D eigenvalue weighted by Gasteiger charge is 2.08. The van der Waals surface area contributed by atoms with Crippen molar-refractivity contribution >= 4 is 12.0 Å². The minimum atomic E-state index is -0.912. The first-order valence-corrected chi connectivity index (χ1v) is 5.69. The number of nitrogens with one attached hydrogen (secondary N) is 1. The highest BCUT2D eigenvalue weighted by Crippen LogP contribution is 1.96. The van der Waals surface area contributed by atoms with Crippen LogP contribution in [0.5, 0.6) is 0 Å². The largest absolute Gasteiger partial charge is 0.481 e. The molecule has 2 N–H and O–H groups in total. The molecule has 0 unspecified atom stereocenters. The summed E-state index contributed by atoms with van der Waals surface area (Å²) in [5, 5.41) is 11.2. The van der Waals surface area contributed by atoms with Crippen LogP contribution in [-0.2, 0) is 11.2 Å². The van der Waals surface area contributed by atoms with Gasteiger partial charge >= 0.3 is 12.0 Å². The SMILES string of the molecule is CN(CCC(=O)O)C(=O)NCCc1cccnc1. The number of carbonyl (C=O) groups excluding carboxylic acids is 1. The number of amides is 2. The van der Waals surface area contributed by atoms with Gasteiger partial charge in [-0.25, -0.2) is 4.79 Å². The Balaban J connectivity index is 2.22. The molecule has 1 aromatic heterocycles. The van der Waals surface area contributed by atoms with Gasteiger partial charge in [-0.05, 0) is 18.1 Å². The summed E-state index contributed by atoms with van der Waals surface area (Å²) in [5.41, 5.74) is 1.05. The number of pyridine rings is 1. The van der Waals surface area contributed by atoms with Crippen molar-refractivity contribution in [1.29, 1.82) is 0 Å². The first-order chi connectivity index (χ1) is 8.59. The maximum absolute atomic E-state index is 11.6. The molecule has 0 aromatic carbocycles. The van der Waals surface area contributed by atoms with Crippen LogP contribution in [0.15, 0.2) is 24.5 Å². The lowest BCUT2D eigenvalue weighted by atomic mass is 10.2. The molecule has 1 heterocycles. The third-order valence-electron chi connectivity index (χ3n) is 2.42. The van der Waals surface area contributed by atoms with E-state index in [1.54, 1.807) is 19.4 Å². The molecule has 0 spiro atoms. The van der Waals surface area contributed by atoms with Crippen LogP contribution in [0.25, 0.3) is 0 Å². The van der Waals surface area contributed by atoms with Crippen LogP contribution < -0.4 is 5.32 Å². The van der Waals surface area contributed by atoms with E-state index >= 15 is 0 Å². The van der Waals surface area contributed by atoms with Gasteiger partial charge in [-0.15, -0.1) is 0 Å². The molecule has 6 nitrogen and oxygen atoms in total. The van der Waals surface area contributed by atoms with E-state index in [4.69, 9.17) is 5.11 Å². The van der Waals surface area contributed by atoms with Crippen LogP contribution in [-0.4, -0.2) is 47.1 Å². The lowest BCUT2D eigenvalue weighted by Gasteiger charge is -2.16. The number of rotatable bonds is 6. The number of hydrogen-bond acceptors (Lipinski definition) is 3. The second kappa shape index (κ2) is 7.26. The molecule has 1 aromatic rings. The first-order valence-electron chi connectivity index (χ1n) is 5.69. The minimum Gasteiger partial charge on any atom is -0.481 e. The number of hydrogen-bond donors (Lipinski definition) is 2. The lowest BCUT2D eigenvalue weighted by Crippen LogP contribution is -2.39. The summed E-state index contributed by atoms with van der Waals surface area (Å²) in [7, 11) is 1.57. The average Bonchev–Trinajstić information content (AvgIpc) is 2.37. The normalized spacial score (nSPS) is 9.83. The summed E-state index contributed by atoms with van der Waals surface area (Å²) in [6.45, 7) is 0.704. The van der Waals surface area contributed by atoms with Crippen molar-refractivity contribution in [3.63, 3.8) is 0 Å². The number of nitrogens with zero attached hydrogens (tertiary/aromatic N) is 2. The van der Waals surface area contributed by atoms with Gasteiger partial charge in [0.15, 0.2) is 0 Å². The fourth-order valence-corrected chi connectivity index (χ4v) is 1.36. The van der Waals surface area contributed by atoms with Crippen LogP contribution in [0.4, 0.5) is 4.79 Å². The number of carboxylic acid groups (broad SMARTS) is 1. The van der Waals surface area contributed by atoms with Gasteiger partial charge in [-0.3, -0.25) is 9.78 Å². The maximum atomic E-state index is 11.6. The van der Waals surface area contributed by atoms with Crippen molar-refractivity contribution in [3.8, 4) is 0 Å². The van der Waals surface area contributed by atoms with Gasteiger partial charge in [0.25, 0.3) is 0 Å². The van der Waals surface area contributed by atoms with Gasteiger partial charge in [-0.2, -0.15) is 0 Å². The molecule has 1 rings (SSSR count). The lowest BCUT2D eigenvalue weighted by molar-refractivity contribution is -0.137. The number of aliphatic carboxylic acids is 1. The zero-order valence-electron chi connectivity index (χ0n) is 10.3. The monoisotopic (exact) mass is 251 g/mol. The van der Waals surface area contributed by atoms with Crippen molar-refractivity contribution in [2.45, 2.75) is 12.8 Å². The minimum absolute atomic E-state index is 0.0491. The molecule has 0 saturated heterocycles. The predicted octanol–water partition coefficient (Wildman–Crippen LogP) is 0.740. The molecule has 0 aliphatic rings. The van der Waals surface area contributed by atoms with Gasteiger partial charge < -0.3 is 15.3 Å². The zero-order chi connectivity index (χ0) is 13.4. The Hall–Kier alpha value is -2.11. The zero-order valence-corrected chi connectivity index (χ0v) is 10.3. The standard InChI is InChI=1S/C12H17N3O3/c1-15(8-5-11(16)17)12(18)14-7-4-10-3-2-6-13-9-10/h2-3,6,9H,4-5,7-8H2,1H3,(H,14,18)(H,16,17). The molecule has 18 heavy (non-hydrogen) atoms. The third kappa shape index (κ3) is 5.29. The number of carboxylic acids is 1. The van der Waals surface area contributed by atoms with Crippen LogP contribution in [0.3, 0.4) is 0 Å². The molecule has 2 amide bonds. The molecule has 0 bridgehead atoms. The molecule has 0 saturated carbocycles. The van der Waals surface area contributed by atoms with E-state index in [9.17, 15) is 9.59 Å². The van der Waals surface area contributed by atoms with Gasteiger partial charge in [0.2, 0.25) is 0 Å². The Labute approximate surface area is 106 Å². The van der Waals surface area contributed by atoms with Crippen molar-refractivity contribution in [2.75, 3.05) is 20.1 Å². The summed E-state index contributed by atoms with van der Waals surface area (Å²) in [5.74, 6) is -0.912. The fourth-order valence-electron chi connectivity index (χ4n) is 1.36. The summed E-state index contributed by atoms with van der Waals surface area (Å²) in [6.07, 6.45) is 4.10. The van der Waals surface area contributed by atoms with E-state index < -0.39 is 5.97 Å². The van der Waals surface area contributed by atoms with Gasteiger partial charge in [-0.1, -0.05) is 6.07 Å². The van der Waals surface area contributed by atoms with E-state index in [0.717, 1.165) is 5.56 Å². The van der Waals surface area contributed by atoms with E-state index in [2.05, 4.69) is 10.3 Å². The molecule has 0 fully saturated rings. The van der Waals surface area contributed by atoms with Gasteiger partial charge in [0, 0.05) is 32.5 Å². The Morgan fingerprint density at radius 2 is 2.28 bits per heavy atom. The Kier molecular flexibility index (Phi) is 5.63. The number of carbonyl (C=O) groups is 2. The number of urea groups is 1. The van der Waals surface area contributed by atoms with Gasteiger partial charge in [0.05, 0.1) is 6.42 Å². The van der Waals surface area contributed by atoms with Crippen LogP contribution in [0.2, 0.25) is 0 Å². The van der Waals surface area contributed by atoms with E-state index in [0.29, 0.717) is 13.0 Å². The smallest absolute Gasteiger partial charge is 0.317 e. The van der Waals surface area contributed by atoms with Crippen molar-refractivity contribution < 1.29 is 14.7 Å². The highest BCUT2D eigenvalue weighted by atomic mass is 16.4. The summed E-state index contributed by atoms with van der Waals surface area (Å²) < 4.78 is 0. The Morgan fingerprint density at radius 3 is 2.89 bits per heavy atom. The maximum Gasteiger partial charge on any atom is 0.317 e. The van der Waals surface area contributed by atoms with E-state index in [-0.39, 0.29) is 19.0 Å². The topological polar surface area (TPSA) is 82.5 Å². The fraction of sp³-hybridized carbons (Fsp3) is 0.417. The quantitative estimate of drug-likeness (QED) is 0.781. The molecular formula is C12H17N3O3. The molecule has 0 radical (unpaired) electrons. The third-order valence-corrected chi connectivity index (χ3v) is 2.42. The Bertz CT molecular complexity index is 395. The first kappa shape index (κ1) is 14.0. The molecular weight excluding hydrogens is 234 g/mol. The predicted molar refractivity (Wildman–Crippen MR) is 66.2 cm³/mol. The summed E-state index contributed by atoms with van der Waals surface area (Å²) in [6, 6.07) is 3.52. The van der Waals surface area contributed by atoms with E-state index in [1.165, 1.54) is 4.90 Å². The second-order valence-electron chi connectivity index (χ2n) is 3.91. The van der Waals surface area contributed by atoms with Crippen molar-refractivity contribution in [1.82, 2.24) is 15.2 Å². The second-order valence-corrected chi connectivity index (χ2v) is 3.91. The Morgan fingerprint density at radius 1 is 1.50 bits per heavy atom. The van der Waals surface area contributed by atoms with Crippen molar-refractivity contribution in [2.24, 2.45) is 0 Å². The summed E-state index contributed by atoms with van der Waals surface area (Å²) in [4.78, 5) is 27.2. The average molecular weight is 251 g/mol. The van der Waals surface area contributed by atoms with Crippen LogP contribution in [0.1, 0.15) is 12.0 Å². The van der Waals surface area contributed by atoms with Crippen LogP contribution in [0, 0.1) is 0 Å².